The van der Waals surface area contributed by atoms with Gasteiger partial charge in [-0.25, -0.2) is 13.4 Å². The second-order valence-corrected chi connectivity index (χ2v) is 7.95. The van der Waals surface area contributed by atoms with Gasteiger partial charge in [-0.2, -0.15) is 4.31 Å². The molecule has 0 amide bonds. The number of hydrogen-bond donors (Lipinski definition) is 0. The monoisotopic (exact) mass is 342 g/mol. The molecule has 7 heteroatoms. The van der Waals surface area contributed by atoms with Crippen LogP contribution in [0.4, 0.5) is 0 Å². The maximum absolute atomic E-state index is 12.8. The molecule has 4 rings (SSSR count). The topological polar surface area (TPSA) is 68.1 Å². The summed E-state index contributed by atoms with van der Waals surface area (Å²) in [5.41, 5.74) is 2.00. The van der Waals surface area contributed by atoms with E-state index in [0.29, 0.717) is 13.1 Å². The molecule has 3 aromatic rings. The Hall–Kier alpha value is -2.25. The summed E-state index contributed by atoms with van der Waals surface area (Å²) < 4.78 is 29.2. The fourth-order valence-electron chi connectivity index (χ4n) is 3.41. The van der Waals surface area contributed by atoms with Gasteiger partial charge in [0.05, 0.1) is 17.1 Å². The number of hydrogen-bond acceptors (Lipinski definition) is 4. The molecule has 0 N–H and O–H groups in total. The highest BCUT2D eigenvalue weighted by Crippen LogP contribution is 2.30. The van der Waals surface area contributed by atoms with Crippen molar-refractivity contribution in [2.24, 2.45) is 0 Å². The van der Waals surface area contributed by atoms with Crippen LogP contribution < -0.4 is 0 Å². The Balaban J connectivity index is 1.66. The van der Waals surface area contributed by atoms with Crippen LogP contribution in [0.2, 0.25) is 0 Å². The quantitative estimate of drug-likeness (QED) is 0.733. The maximum atomic E-state index is 12.8. The number of nitrogens with zero attached hydrogens (tertiary/aromatic N) is 4. The lowest BCUT2D eigenvalue weighted by molar-refractivity contribution is 0.452. The molecule has 24 heavy (non-hydrogen) atoms. The van der Waals surface area contributed by atoms with Gasteiger partial charge in [-0.3, -0.25) is 4.98 Å². The van der Waals surface area contributed by atoms with Crippen LogP contribution in [0.25, 0.3) is 11.0 Å². The molecule has 1 fully saturated rings. The van der Waals surface area contributed by atoms with E-state index in [2.05, 4.69) is 14.5 Å². The van der Waals surface area contributed by atoms with Crippen molar-refractivity contribution >= 4 is 21.1 Å². The third-order valence-corrected chi connectivity index (χ3v) is 6.38. The fraction of sp³-hybridized carbons (Fsp3) is 0.294. The van der Waals surface area contributed by atoms with E-state index < -0.39 is 10.0 Å². The normalized spacial score (nSPS) is 19.1. The summed E-state index contributed by atoms with van der Waals surface area (Å²) in [4.78, 5) is 8.76. The van der Waals surface area contributed by atoms with Gasteiger partial charge in [0.25, 0.3) is 0 Å². The first kappa shape index (κ1) is 15.3. The van der Waals surface area contributed by atoms with E-state index in [4.69, 9.17) is 0 Å². The number of aromatic nitrogens is 3. The number of fused-ring (bicyclic) bond motifs is 1. The zero-order chi connectivity index (χ0) is 16.7. The highest BCUT2D eigenvalue weighted by Gasteiger charge is 2.34. The first-order chi connectivity index (χ1) is 11.6. The Morgan fingerprint density at radius 2 is 2.00 bits per heavy atom. The molecule has 1 atom stereocenters. The molecule has 1 aliphatic heterocycles. The minimum absolute atomic E-state index is 0.101. The van der Waals surface area contributed by atoms with Crippen molar-refractivity contribution < 1.29 is 8.42 Å². The molecular formula is C17H18N4O2S. The van der Waals surface area contributed by atoms with Crippen molar-refractivity contribution in [1.82, 2.24) is 18.8 Å². The van der Waals surface area contributed by atoms with Crippen LogP contribution in [-0.4, -0.2) is 40.3 Å². The van der Waals surface area contributed by atoms with Crippen molar-refractivity contribution in [3.63, 3.8) is 0 Å². The zero-order valence-corrected chi connectivity index (χ0v) is 14.1. The number of sulfonamides is 1. The van der Waals surface area contributed by atoms with Crippen molar-refractivity contribution in [3.05, 3.63) is 54.6 Å². The van der Waals surface area contributed by atoms with E-state index in [1.807, 2.05) is 31.2 Å². The smallest absolute Gasteiger partial charge is 0.244 e. The predicted octanol–water partition coefficient (Wildman–Crippen LogP) is 2.38. The Kier molecular flexibility index (Phi) is 3.62. The second kappa shape index (κ2) is 5.68. The van der Waals surface area contributed by atoms with Gasteiger partial charge in [-0.15, -0.1) is 0 Å². The van der Waals surface area contributed by atoms with E-state index >= 15 is 0 Å². The molecule has 0 saturated carbocycles. The Labute approximate surface area is 140 Å². The van der Waals surface area contributed by atoms with Crippen molar-refractivity contribution in [1.29, 1.82) is 0 Å². The molecule has 3 heterocycles. The molecule has 1 aliphatic rings. The molecule has 1 saturated heterocycles. The lowest BCUT2D eigenvalue weighted by Crippen LogP contribution is -2.29. The molecule has 0 unspecified atom stereocenters. The molecule has 0 bridgehead atoms. The minimum Gasteiger partial charge on any atom is -0.324 e. The third kappa shape index (κ3) is 2.40. The van der Waals surface area contributed by atoms with Crippen molar-refractivity contribution in [2.45, 2.75) is 24.3 Å². The molecule has 124 valence electrons. The summed E-state index contributed by atoms with van der Waals surface area (Å²) in [5.74, 6) is 0.918. The molecule has 2 aromatic heterocycles. The Morgan fingerprint density at radius 1 is 1.17 bits per heavy atom. The van der Waals surface area contributed by atoms with Gasteiger partial charge in [0, 0.05) is 25.5 Å². The molecule has 0 spiro atoms. The van der Waals surface area contributed by atoms with Gasteiger partial charge in [0.1, 0.15) is 10.7 Å². The lowest BCUT2D eigenvalue weighted by atomic mass is 10.2. The van der Waals surface area contributed by atoms with Gasteiger partial charge >= 0.3 is 0 Å². The predicted molar refractivity (Wildman–Crippen MR) is 91.1 cm³/mol. The van der Waals surface area contributed by atoms with Crippen molar-refractivity contribution in [2.75, 3.05) is 13.1 Å². The maximum Gasteiger partial charge on any atom is 0.244 e. The van der Waals surface area contributed by atoms with E-state index in [9.17, 15) is 8.42 Å². The molecule has 6 nitrogen and oxygen atoms in total. The fourth-order valence-corrected chi connectivity index (χ4v) is 4.87. The first-order valence-electron chi connectivity index (χ1n) is 7.91. The largest absolute Gasteiger partial charge is 0.324 e. The van der Waals surface area contributed by atoms with Gasteiger partial charge in [-0.05, 0) is 37.6 Å². The minimum atomic E-state index is -3.49. The third-order valence-electron chi connectivity index (χ3n) is 4.54. The number of para-hydroxylation sites is 2. The molecule has 0 aliphatic carbocycles. The highest BCUT2D eigenvalue weighted by molar-refractivity contribution is 7.89. The van der Waals surface area contributed by atoms with Crippen LogP contribution in [0, 0.1) is 6.92 Å². The number of benzene rings is 1. The first-order valence-corrected chi connectivity index (χ1v) is 9.35. The lowest BCUT2D eigenvalue weighted by Gasteiger charge is -2.18. The van der Waals surface area contributed by atoms with Gasteiger partial charge in [0.2, 0.25) is 10.0 Å². The summed E-state index contributed by atoms with van der Waals surface area (Å²) in [6.45, 7) is 2.94. The summed E-state index contributed by atoms with van der Waals surface area (Å²) >= 11 is 0. The average molecular weight is 342 g/mol. The summed E-state index contributed by atoms with van der Waals surface area (Å²) in [5, 5.41) is 0. The van der Waals surface area contributed by atoms with E-state index in [-0.39, 0.29) is 10.9 Å². The molecule has 1 aromatic carbocycles. The van der Waals surface area contributed by atoms with Crippen LogP contribution in [-0.2, 0) is 10.0 Å². The van der Waals surface area contributed by atoms with E-state index in [1.165, 1.54) is 6.20 Å². The second-order valence-electron chi connectivity index (χ2n) is 6.01. The standard InChI is InChI=1S/C17H18N4O2S/c1-13-19-16-6-2-3-7-17(16)21(13)14-8-10-20(12-14)24(22,23)15-5-4-9-18-11-15/h2-7,9,11,14H,8,10,12H2,1H3/t14-/m0/s1. The molecular weight excluding hydrogens is 324 g/mol. The number of aryl methyl sites for hydroxylation is 1. The van der Waals surface area contributed by atoms with Crippen LogP contribution in [0.15, 0.2) is 53.7 Å². The van der Waals surface area contributed by atoms with Crippen LogP contribution in [0.3, 0.4) is 0 Å². The summed E-state index contributed by atoms with van der Waals surface area (Å²) in [6.07, 6.45) is 3.76. The Morgan fingerprint density at radius 3 is 2.79 bits per heavy atom. The molecule has 0 radical (unpaired) electrons. The zero-order valence-electron chi connectivity index (χ0n) is 13.3. The van der Waals surface area contributed by atoms with Gasteiger partial charge < -0.3 is 4.57 Å². The van der Waals surface area contributed by atoms with Gasteiger partial charge in [-0.1, -0.05) is 12.1 Å². The van der Waals surface area contributed by atoms with Crippen LogP contribution in [0.5, 0.6) is 0 Å². The van der Waals surface area contributed by atoms with E-state index in [1.54, 1.807) is 22.6 Å². The van der Waals surface area contributed by atoms with Crippen LogP contribution >= 0.6 is 0 Å². The number of pyridine rings is 1. The van der Waals surface area contributed by atoms with Crippen molar-refractivity contribution in [3.8, 4) is 0 Å². The number of rotatable bonds is 3. The highest BCUT2D eigenvalue weighted by atomic mass is 32.2. The Bertz CT molecular complexity index is 982. The summed E-state index contributed by atoms with van der Waals surface area (Å²) in [7, 11) is -3.49. The SMILES string of the molecule is Cc1nc2ccccc2n1[C@H]1CCN(S(=O)(=O)c2cccnc2)C1. The van der Waals surface area contributed by atoms with Crippen LogP contribution in [0.1, 0.15) is 18.3 Å². The average Bonchev–Trinajstić information content (AvgIpc) is 3.19. The van der Waals surface area contributed by atoms with E-state index in [0.717, 1.165) is 23.3 Å². The summed E-state index contributed by atoms with van der Waals surface area (Å²) in [6, 6.07) is 11.3. The van der Waals surface area contributed by atoms with Gasteiger partial charge in [0.15, 0.2) is 0 Å². The number of imidazole rings is 1.